The summed E-state index contributed by atoms with van der Waals surface area (Å²) in [5.74, 6) is 2.17. The minimum absolute atomic E-state index is 0.156. The van der Waals surface area contributed by atoms with Crippen LogP contribution in [0, 0.1) is 18.2 Å². The van der Waals surface area contributed by atoms with Crippen LogP contribution in [0.15, 0.2) is 42.6 Å². The van der Waals surface area contributed by atoms with Gasteiger partial charge < -0.3 is 20.1 Å². The van der Waals surface area contributed by atoms with Crippen molar-refractivity contribution in [2.24, 2.45) is 0 Å². The molecule has 1 atom stereocenters. The Morgan fingerprint density at radius 3 is 2.83 bits per heavy atom. The maximum absolute atomic E-state index is 13.4. The molecule has 3 aromatic rings. The molecule has 150 valence electrons. The summed E-state index contributed by atoms with van der Waals surface area (Å²) in [6.07, 6.45) is 7.52. The number of rotatable bonds is 7. The van der Waals surface area contributed by atoms with Crippen molar-refractivity contribution in [2.45, 2.75) is 32.4 Å². The van der Waals surface area contributed by atoms with Crippen molar-refractivity contribution >= 4 is 16.8 Å². The van der Waals surface area contributed by atoms with Crippen molar-refractivity contribution in [3.63, 3.8) is 0 Å². The van der Waals surface area contributed by atoms with Crippen molar-refractivity contribution in [1.82, 2.24) is 10.3 Å². The van der Waals surface area contributed by atoms with Gasteiger partial charge in [0, 0.05) is 17.1 Å². The molecule has 3 rings (SSSR count). The van der Waals surface area contributed by atoms with Gasteiger partial charge in [0.25, 0.3) is 5.91 Å². The van der Waals surface area contributed by atoms with Crippen LogP contribution in [0.1, 0.15) is 35.3 Å². The first kappa shape index (κ1) is 20.4. The first-order chi connectivity index (χ1) is 13.9. The van der Waals surface area contributed by atoms with Gasteiger partial charge in [-0.25, -0.2) is 4.39 Å². The number of benzene rings is 2. The van der Waals surface area contributed by atoms with Crippen LogP contribution >= 0.6 is 0 Å². The van der Waals surface area contributed by atoms with E-state index in [2.05, 4.69) is 16.2 Å². The molecule has 5 nitrogen and oxygen atoms in total. The van der Waals surface area contributed by atoms with E-state index >= 15 is 0 Å². The van der Waals surface area contributed by atoms with Crippen LogP contribution in [-0.2, 0) is 6.42 Å². The number of fused-ring (bicyclic) bond motifs is 1. The molecule has 1 amide bonds. The third kappa shape index (κ3) is 4.58. The topological polar surface area (TPSA) is 74.4 Å². The zero-order chi connectivity index (χ0) is 21.0. The summed E-state index contributed by atoms with van der Waals surface area (Å²) in [6, 6.07) is 8.98. The minimum atomic E-state index is -0.534. The van der Waals surface area contributed by atoms with Crippen molar-refractivity contribution in [2.75, 3.05) is 6.61 Å². The lowest BCUT2D eigenvalue weighted by Crippen LogP contribution is -2.39. The van der Waals surface area contributed by atoms with Gasteiger partial charge in [-0.3, -0.25) is 4.79 Å². The number of halogens is 1. The summed E-state index contributed by atoms with van der Waals surface area (Å²) in [6.45, 7) is 3.45. The van der Waals surface area contributed by atoms with Gasteiger partial charge >= 0.3 is 0 Å². The van der Waals surface area contributed by atoms with Crippen molar-refractivity contribution in [3.8, 4) is 18.1 Å². The normalized spacial score (nSPS) is 12.0. The summed E-state index contributed by atoms with van der Waals surface area (Å²) in [5.41, 5.74) is 2.34. The van der Waals surface area contributed by atoms with E-state index in [0.717, 1.165) is 10.9 Å². The van der Waals surface area contributed by atoms with E-state index in [1.165, 1.54) is 12.1 Å². The molecule has 0 bridgehead atoms. The van der Waals surface area contributed by atoms with Gasteiger partial charge in [-0.05, 0) is 56.2 Å². The number of para-hydroxylation sites is 1. The predicted octanol–water partition coefficient (Wildman–Crippen LogP) is 3.41. The predicted molar refractivity (Wildman–Crippen MR) is 110 cm³/mol. The number of terminal acetylenes is 1. The lowest BCUT2D eigenvalue weighted by atomic mass is 10.0. The van der Waals surface area contributed by atoms with E-state index in [9.17, 15) is 14.3 Å². The highest BCUT2D eigenvalue weighted by Crippen LogP contribution is 2.25. The molecule has 0 saturated heterocycles. The molecule has 0 aliphatic carbocycles. The highest BCUT2D eigenvalue weighted by Gasteiger charge is 2.20. The molecule has 0 radical (unpaired) electrons. The quantitative estimate of drug-likeness (QED) is 0.538. The number of aromatic nitrogens is 1. The minimum Gasteiger partial charge on any atom is -0.489 e. The number of carbonyl (C=O) groups excluding carboxylic acids is 1. The third-order valence-corrected chi connectivity index (χ3v) is 4.52. The van der Waals surface area contributed by atoms with Gasteiger partial charge in [0.15, 0.2) is 0 Å². The molecule has 0 spiro atoms. The van der Waals surface area contributed by atoms with Crippen LogP contribution in [0.5, 0.6) is 5.75 Å². The second-order valence-corrected chi connectivity index (χ2v) is 7.05. The molecule has 3 N–H and O–H groups in total. The Kier molecular flexibility index (Phi) is 6.20. The molecule has 0 saturated carbocycles. The Balaban J connectivity index is 1.82. The second kappa shape index (κ2) is 8.80. The number of ether oxygens (including phenoxy) is 1. The van der Waals surface area contributed by atoms with E-state index in [1.807, 2.05) is 13.8 Å². The van der Waals surface area contributed by atoms with Crippen molar-refractivity contribution in [1.29, 1.82) is 0 Å². The van der Waals surface area contributed by atoms with Crippen LogP contribution in [-0.4, -0.2) is 34.8 Å². The molecule has 2 aromatic carbocycles. The molecule has 1 heterocycles. The standard InChI is InChI=1S/C23H23FN2O3/c1-4-15-6-5-7-20(22(15)29-14(2)3)23(28)26-18(13-27)10-16-12-25-21-11-17(24)8-9-19(16)21/h1,5-9,11-12,14,18,25,27H,10,13H2,2-3H3,(H,26,28). The number of nitrogens with one attached hydrogen (secondary N) is 2. The molecular formula is C23H23FN2O3. The highest BCUT2D eigenvalue weighted by atomic mass is 19.1. The first-order valence-corrected chi connectivity index (χ1v) is 9.36. The number of H-pyrrole nitrogens is 1. The Labute approximate surface area is 168 Å². The number of hydrogen-bond donors (Lipinski definition) is 3. The number of aliphatic hydroxyl groups is 1. The van der Waals surface area contributed by atoms with E-state index < -0.39 is 6.04 Å². The maximum Gasteiger partial charge on any atom is 0.255 e. The SMILES string of the molecule is C#Cc1cccc(C(=O)NC(CO)Cc2c[nH]c3cc(F)ccc23)c1OC(C)C. The van der Waals surface area contributed by atoms with Crippen LogP contribution in [0.25, 0.3) is 10.9 Å². The van der Waals surface area contributed by atoms with E-state index in [0.29, 0.717) is 28.8 Å². The molecule has 0 aliphatic rings. The summed E-state index contributed by atoms with van der Waals surface area (Å²) in [4.78, 5) is 15.9. The van der Waals surface area contributed by atoms with E-state index in [1.54, 1.807) is 30.5 Å². The van der Waals surface area contributed by atoms with Gasteiger partial charge in [-0.1, -0.05) is 12.0 Å². The maximum atomic E-state index is 13.4. The number of aliphatic hydroxyl groups excluding tert-OH is 1. The number of hydrogen-bond acceptors (Lipinski definition) is 3. The fourth-order valence-electron chi connectivity index (χ4n) is 3.21. The average Bonchev–Trinajstić information content (AvgIpc) is 3.08. The van der Waals surface area contributed by atoms with Crippen LogP contribution in [0.2, 0.25) is 0 Å². The fraction of sp³-hybridized carbons (Fsp3) is 0.261. The smallest absolute Gasteiger partial charge is 0.255 e. The van der Waals surface area contributed by atoms with Crippen molar-refractivity contribution < 1.29 is 19.0 Å². The van der Waals surface area contributed by atoms with Crippen LogP contribution in [0.3, 0.4) is 0 Å². The summed E-state index contributed by atoms with van der Waals surface area (Å²) in [7, 11) is 0. The van der Waals surface area contributed by atoms with Crippen LogP contribution in [0.4, 0.5) is 4.39 Å². The molecule has 6 heteroatoms. The highest BCUT2D eigenvalue weighted by molar-refractivity contribution is 5.98. The Bertz CT molecular complexity index is 1070. The monoisotopic (exact) mass is 394 g/mol. The number of aromatic amines is 1. The Morgan fingerprint density at radius 1 is 1.34 bits per heavy atom. The summed E-state index contributed by atoms with van der Waals surface area (Å²) in [5, 5.41) is 13.5. The fourth-order valence-corrected chi connectivity index (χ4v) is 3.21. The zero-order valence-electron chi connectivity index (χ0n) is 16.3. The molecular weight excluding hydrogens is 371 g/mol. The molecule has 1 unspecified atom stereocenters. The summed E-state index contributed by atoms with van der Waals surface area (Å²) >= 11 is 0. The van der Waals surface area contributed by atoms with Gasteiger partial charge in [0.1, 0.15) is 11.6 Å². The zero-order valence-corrected chi connectivity index (χ0v) is 16.3. The Morgan fingerprint density at radius 2 is 2.14 bits per heavy atom. The molecule has 29 heavy (non-hydrogen) atoms. The van der Waals surface area contributed by atoms with E-state index in [-0.39, 0.29) is 24.4 Å². The van der Waals surface area contributed by atoms with Gasteiger partial charge in [0.2, 0.25) is 0 Å². The first-order valence-electron chi connectivity index (χ1n) is 9.36. The number of carbonyl (C=O) groups is 1. The van der Waals surface area contributed by atoms with Gasteiger partial charge in [-0.15, -0.1) is 6.42 Å². The van der Waals surface area contributed by atoms with Gasteiger partial charge in [0.05, 0.1) is 29.9 Å². The largest absolute Gasteiger partial charge is 0.489 e. The summed E-state index contributed by atoms with van der Waals surface area (Å²) < 4.78 is 19.2. The van der Waals surface area contributed by atoms with Gasteiger partial charge in [-0.2, -0.15) is 0 Å². The number of amides is 1. The lowest BCUT2D eigenvalue weighted by molar-refractivity contribution is 0.0910. The van der Waals surface area contributed by atoms with E-state index in [4.69, 9.17) is 11.2 Å². The van der Waals surface area contributed by atoms with Crippen molar-refractivity contribution in [3.05, 3.63) is 65.1 Å². The molecule has 0 aliphatic heterocycles. The Hall–Kier alpha value is -3.30. The average molecular weight is 394 g/mol. The van der Waals surface area contributed by atoms with Crippen LogP contribution < -0.4 is 10.1 Å². The molecule has 1 aromatic heterocycles. The third-order valence-electron chi connectivity index (χ3n) is 4.52. The lowest BCUT2D eigenvalue weighted by Gasteiger charge is -2.19. The molecule has 0 fully saturated rings. The second-order valence-electron chi connectivity index (χ2n) is 7.05.